The molecule has 0 radical (unpaired) electrons. The summed E-state index contributed by atoms with van der Waals surface area (Å²) >= 11 is 6.37. The van der Waals surface area contributed by atoms with E-state index in [1.165, 1.54) is 0 Å². The van der Waals surface area contributed by atoms with Gasteiger partial charge in [-0.25, -0.2) is 0 Å². The van der Waals surface area contributed by atoms with E-state index in [1.54, 1.807) is 12.1 Å². The molecule has 0 bridgehead atoms. The van der Waals surface area contributed by atoms with Gasteiger partial charge >= 0.3 is 0 Å². The Bertz CT molecular complexity index is 835. The Balaban J connectivity index is 1.76. The summed E-state index contributed by atoms with van der Waals surface area (Å²) < 4.78 is 0. The van der Waals surface area contributed by atoms with E-state index in [2.05, 4.69) is 10.6 Å². The molecule has 2 aromatic rings. The van der Waals surface area contributed by atoms with E-state index < -0.39 is 0 Å². The monoisotopic (exact) mass is 357 g/mol. The summed E-state index contributed by atoms with van der Waals surface area (Å²) in [7, 11) is 0. The Kier molecular flexibility index (Phi) is 4.95. The Morgan fingerprint density at radius 1 is 1.20 bits per heavy atom. The highest BCUT2D eigenvalue weighted by Crippen LogP contribution is 2.29. The van der Waals surface area contributed by atoms with Crippen LogP contribution >= 0.6 is 11.6 Å². The minimum absolute atomic E-state index is 0.0189. The van der Waals surface area contributed by atoms with E-state index in [9.17, 15) is 9.59 Å². The molecule has 0 unspecified atom stereocenters. The normalized spacial score (nSPS) is 14.2. The summed E-state index contributed by atoms with van der Waals surface area (Å²) in [6.07, 6.45) is 0. The summed E-state index contributed by atoms with van der Waals surface area (Å²) in [4.78, 5) is 25.9. The van der Waals surface area contributed by atoms with Crippen molar-refractivity contribution in [1.82, 2.24) is 5.32 Å². The summed E-state index contributed by atoms with van der Waals surface area (Å²) in [5, 5.41) is 6.17. The molecule has 0 aliphatic carbocycles. The molecule has 0 saturated carbocycles. The Labute approximate surface area is 152 Å². The van der Waals surface area contributed by atoms with Crippen LogP contribution in [0.25, 0.3) is 0 Å². The number of nitrogens with one attached hydrogen (secondary N) is 2. The highest BCUT2D eigenvalue weighted by Gasteiger charge is 2.19. The lowest BCUT2D eigenvalue weighted by Gasteiger charge is -2.29. The molecule has 25 heavy (non-hydrogen) atoms. The van der Waals surface area contributed by atoms with Crippen molar-refractivity contribution in [3.63, 3.8) is 0 Å². The van der Waals surface area contributed by atoms with Crippen LogP contribution in [0, 0.1) is 13.8 Å². The predicted octanol–water partition coefficient (Wildman–Crippen LogP) is 3.15. The van der Waals surface area contributed by atoms with Crippen molar-refractivity contribution in [1.29, 1.82) is 0 Å². The first-order chi connectivity index (χ1) is 11.9. The average Bonchev–Trinajstić information content (AvgIpc) is 2.54. The number of carbonyl (C=O) groups excluding carboxylic acids is 2. The first-order valence-corrected chi connectivity index (χ1v) is 8.51. The van der Waals surface area contributed by atoms with Crippen LogP contribution in [0.4, 0.5) is 11.4 Å². The molecular formula is C19H20ClN3O2. The number of piperazine rings is 1. The standard InChI is InChI=1S/C19H20ClN3O2/c1-12-3-5-15(13(2)9-12)19(25)22-14-4-6-17(16(20)10-14)23-8-7-21-18(24)11-23/h3-6,9-10H,7-8,11H2,1-2H3,(H,21,24)(H,22,25). The number of benzene rings is 2. The van der Waals surface area contributed by atoms with Crippen LogP contribution in [0.2, 0.25) is 5.02 Å². The highest BCUT2D eigenvalue weighted by molar-refractivity contribution is 6.33. The van der Waals surface area contributed by atoms with Gasteiger partial charge in [0.25, 0.3) is 5.91 Å². The first-order valence-electron chi connectivity index (χ1n) is 8.14. The molecule has 1 saturated heterocycles. The number of aryl methyl sites for hydroxylation is 2. The lowest BCUT2D eigenvalue weighted by molar-refractivity contribution is -0.120. The molecule has 1 heterocycles. The fraction of sp³-hybridized carbons (Fsp3) is 0.263. The summed E-state index contributed by atoms with van der Waals surface area (Å²) in [5.74, 6) is -0.187. The van der Waals surface area contributed by atoms with Gasteiger partial charge < -0.3 is 15.5 Å². The van der Waals surface area contributed by atoms with Crippen LogP contribution in [0.5, 0.6) is 0 Å². The van der Waals surface area contributed by atoms with Gasteiger partial charge in [0, 0.05) is 24.3 Å². The molecule has 2 amide bonds. The molecule has 2 N–H and O–H groups in total. The highest BCUT2D eigenvalue weighted by atomic mass is 35.5. The maximum absolute atomic E-state index is 12.5. The van der Waals surface area contributed by atoms with Gasteiger partial charge in [-0.3, -0.25) is 9.59 Å². The Morgan fingerprint density at radius 3 is 2.68 bits per heavy atom. The second-order valence-electron chi connectivity index (χ2n) is 6.21. The second-order valence-corrected chi connectivity index (χ2v) is 6.62. The number of rotatable bonds is 3. The molecule has 130 valence electrons. The number of hydrogen-bond donors (Lipinski definition) is 2. The van der Waals surface area contributed by atoms with Gasteiger partial charge in [-0.15, -0.1) is 0 Å². The van der Waals surface area contributed by atoms with Crippen molar-refractivity contribution in [2.75, 3.05) is 29.9 Å². The number of hydrogen-bond acceptors (Lipinski definition) is 3. The predicted molar refractivity (Wildman–Crippen MR) is 101 cm³/mol. The van der Waals surface area contributed by atoms with E-state index in [0.717, 1.165) is 16.8 Å². The van der Waals surface area contributed by atoms with Gasteiger partial charge in [0.05, 0.1) is 17.3 Å². The third-order valence-corrected chi connectivity index (χ3v) is 4.51. The fourth-order valence-corrected chi connectivity index (χ4v) is 3.25. The third kappa shape index (κ3) is 3.94. The molecule has 2 aromatic carbocycles. The molecule has 5 nitrogen and oxygen atoms in total. The molecular weight excluding hydrogens is 338 g/mol. The van der Waals surface area contributed by atoms with E-state index in [-0.39, 0.29) is 18.4 Å². The van der Waals surface area contributed by atoms with Crippen LogP contribution in [0.3, 0.4) is 0 Å². The van der Waals surface area contributed by atoms with Crippen LogP contribution in [0.1, 0.15) is 21.5 Å². The molecule has 0 aromatic heterocycles. The molecule has 6 heteroatoms. The molecule has 1 aliphatic heterocycles. The number of amides is 2. The van der Waals surface area contributed by atoms with Gasteiger partial charge in [-0.2, -0.15) is 0 Å². The smallest absolute Gasteiger partial charge is 0.255 e. The lowest BCUT2D eigenvalue weighted by Crippen LogP contribution is -2.47. The van der Waals surface area contributed by atoms with Gasteiger partial charge in [-0.05, 0) is 43.7 Å². The van der Waals surface area contributed by atoms with Crippen LogP contribution < -0.4 is 15.5 Å². The minimum Gasteiger partial charge on any atom is -0.359 e. The van der Waals surface area contributed by atoms with Crippen molar-refractivity contribution in [3.8, 4) is 0 Å². The van der Waals surface area contributed by atoms with Gasteiger partial charge in [0.15, 0.2) is 0 Å². The third-order valence-electron chi connectivity index (χ3n) is 4.21. The zero-order valence-corrected chi connectivity index (χ0v) is 15.0. The Hall–Kier alpha value is -2.53. The van der Waals surface area contributed by atoms with Crippen molar-refractivity contribution < 1.29 is 9.59 Å². The lowest BCUT2D eigenvalue weighted by atomic mass is 10.1. The zero-order valence-electron chi connectivity index (χ0n) is 14.2. The number of carbonyl (C=O) groups is 2. The largest absolute Gasteiger partial charge is 0.359 e. The zero-order chi connectivity index (χ0) is 18.0. The van der Waals surface area contributed by atoms with Gasteiger partial charge in [-0.1, -0.05) is 29.3 Å². The van der Waals surface area contributed by atoms with E-state index in [0.29, 0.717) is 29.4 Å². The van der Waals surface area contributed by atoms with Gasteiger partial charge in [0.1, 0.15) is 0 Å². The Morgan fingerprint density at radius 2 is 2.00 bits per heavy atom. The number of nitrogens with zero attached hydrogens (tertiary/aromatic N) is 1. The fourth-order valence-electron chi connectivity index (χ4n) is 2.95. The molecule has 0 spiro atoms. The topological polar surface area (TPSA) is 61.4 Å². The molecule has 1 aliphatic rings. The van der Waals surface area contributed by atoms with Crippen LogP contribution in [0.15, 0.2) is 36.4 Å². The van der Waals surface area contributed by atoms with Gasteiger partial charge in [0.2, 0.25) is 5.91 Å². The second kappa shape index (κ2) is 7.15. The van der Waals surface area contributed by atoms with Crippen molar-refractivity contribution in [3.05, 3.63) is 58.1 Å². The summed E-state index contributed by atoms with van der Waals surface area (Å²) in [5.41, 5.74) is 4.10. The van der Waals surface area contributed by atoms with Crippen LogP contribution in [-0.2, 0) is 4.79 Å². The molecule has 1 fully saturated rings. The molecule has 3 rings (SSSR count). The first kappa shape index (κ1) is 17.3. The van der Waals surface area contributed by atoms with Crippen molar-refractivity contribution in [2.24, 2.45) is 0 Å². The minimum atomic E-state index is -0.168. The molecule has 0 atom stereocenters. The number of halogens is 1. The van der Waals surface area contributed by atoms with Crippen LogP contribution in [-0.4, -0.2) is 31.4 Å². The van der Waals surface area contributed by atoms with E-state index >= 15 is 0 Å². The maximum Gasteiger partial charge on any atom is 0.255 e. The quantitative estimate of drug-likeness (QED) is 0.887. The average molecular weight is 358 g/mol. The van der Waals surface area contributed by atoms with Crippen molar-refractivity contribution >= 4 is 34.8 Å². The van der Waals surface area contributed by atoms with E-state index in [1.807, 2.05) is 43.0 Å². The van der Waals surface area contributed by atoms with E-state index in [4.69, 9.17) is 11.6 Å². The number of anilines is 2. The summed E-state index contributed by atoms with van der Waals surface area (Å²) in [6.45, 7) is 5.50. The SMILES string of the molecule is Cc1ccc(C(=O)Nc2ccc(N3CCNC(=O)C3)c(Cl)c2)c(C)c1. The summed E-state index contributed by atoms with van der Waals surface area (Å²) in [6, 6.07) is 11.1. The van der Waals surface area contributed by atoms with Crippen molar-refractivity contribution in [2.45, 2.75) is 13.8 Å². The maximum atomic E-state index is 12.5.